The van der Waals surface area contributed by atoms with Gasteiger partial charge in [0.1, 0.15) is 11.9 Å². The van der Waals surface area contributed by atoms with Crippen LogP contribution in [0.1, 0.15) is 37.0 Å². The predicted octanol–water partition coefficient (Wildman–Crippen LogP) is 2.25. The van der Waals surface area contributed by atoms with Crippen molar-refractivity contribution in [2.24, 2.45) is 5.73 Å². The normalized spacial score (nSPS) is 15.6. The zero-order valence-corrected chi connectivity index (χ0v) is 14.0. The van der Waals surface area contributed by atoms with Gasteiger partial charge in [0.15, 0.2) is 0 Å². The van der Waals surface area contributed by atoms with Crippen LogP contribution in [-0.4, -0.2) is 36.2 Å². The molecule has 0 radical (unpaired) electrons. The topological polar surface area (TPSA) is 86.5 Å². The number of piperidine rings is 1. The molecule has 1 aliphatic heterocycles. The Balaban J connectivity index is 2.02. The third kappa shape index (κ3) is 3.59. The van der Waals surface area contributed by atoms with E-state index in [9.17, 15) is 4.79 Å². The minimum Gasteiger partial charge on any atom is -0.490 e. The van der Waals surface area contributed by atoms with E-state index in [1.165, 1.54) is 0 Å². The van der Waals surface area contributed by atoms with Crippen LogP contribution in [0.2, 0.25) is 0 Å². The third-order valence-corrected chi connectivity index (χ3v) is 4.02. The minimum absolute atomic E-state index is 0.0639. The summed E-state index contributed by atoms with van der Waals surface area (Å²) in [7, 11) is 0. The van der Waals surface area contributed by atoms with Crippen LogP contribution in [0.4, 0.5) is 0 Å². The highest BCUT2D eigenvalue weighted by Gasteiger charge is 2.19. The maximum Gasteiger partial charge on any atom is 0.252 e. The van der Waals surface area contributed by atoms with E-state index in [-0.39, 0.29) is 12.2 Å². The molecule has 3 rings (SSSR count). The van der Waals surface area contributed by atoms with E-state index >= 15 is 0 Å². The molecule has 6 heteroatoms. The van der Waals surface area contributed by atoms with Crippen molar-refractivity contribution in [3.05, 3.63) is 30.0 Å². The van der Waals surface area contributed by atoms with E-state index < -0.39 is 5.91 Å². The van der Waals surface area contributed by atoms with Gasteiger partial charge in [0, 0.05) is 11.6 Å². The molecule has 6 nitrogen and oxygen atoms in total. The van der Waals surface area contributed by atoms with Crippen molar-refractivity contribution in [1.29, 1.82) is 0 Å². The molecular formula is C18H23N3O3. The Morgan fingerprint density at radius 1 is 1.33 bits per heavy atom. The average Bonchev–Trinajstić information content (AvgIpc) is 2.55. The Kier molecular flexibility index (Phi) is 4.85. The first-order chi connectivity index (χ1) is 11.5. The zero-order chi connectivity index (χ0) is 17.1. The molecule has 3 N–H and O–H groups in total. The van der Waals surface area contributed by atoms with Gasteiger partial charge in [0.25, 0.3) is 5.91 Å². The summed E-state index contributed by atoms with van der Waals surface area (Å²) in [4.78, 5) is 16.1. The quantitative estimate of drug-likeness (QED) is 0.878. The second-order valence-corrected chi connectivity index (χ2v) is 6.28. The van der Waals surface area contributed by atoms with Crippen molar-refractivity contribution < 1.29 is 14.3 Å². The molecule has 0 spiro atoms. The van der Waals surface area contributed by atoms with Crippen LogP contribution in [0.15, 0.2) is 24.4 Å². The molecule has 1 aromatic carbocycles. The van der Waals surface area contributed by atoms with Gasteiger partial charge in [0.2, 0.25) is 5.88 Å². The van der Waals surface area contributed by atoms with E-state index in [2.05, 4.69) is 10.3 Å². The molecule has 1 aliphatic rings. The lowest BCUT2D eigenvalue weighted by Gasteiger charge is -2.24. The lowest BCUT2D eigenvalue weighted by Crippen LogP contribution is -2.34. The number of pyridine rings is 1. The smallest absolute Gasteiger partial charge is 0.252 e. The first-order valence-corrected chi connectivity index (χ1v) is 8.31. The van der Waals surface area contributed by atoms with Crippen molar-refractivity contribution in [3.8, 4) is 11.6 Å². The molecule has 1 saturated heterocycles. The molecular weight excluding hydrogens is 306 g/mol. The van der Waals surface area contributed by atoms with Gasteiger partial charge in [-0.15, -0.1) is 0 Å². The Morgan fingerprint density at radius 3 is 2.75 bits per heavy atom. The van der Waals surface area contributed by atoms with Crippen LogP contribution in [0.25, 0.3) is 10.8 Å². The number of hydrogen-bond donors (Lipinski definition) is 2. The summed E-state index contributed by atoms with van der Waals surface area (Å²) in [5, 5.41) is 5.01. The monoisotopic (exact) mass is 329 g/mol. The second kappa shape index (κ2) is 7.05. The number of rotatable bonds is 5. The fourth-order valence-corrected chi connectivity index (χ4v) is 2.88. The van der Waals surface area contributed by atoms with E-state index in [0.717, 1.165) is 36.7 Å². The Hall–Kier alpha value is -2.34. The Bertz CT molecular complexity index is 740. The summed E-state index contributed by atoms with van der Waals surface area (Å²) in [6.45, 7) is 5.71. The van der Waals surface area contributed by atoms with Gasteiger partial charge in [0.05, 0.1) is 11.7 Å². The SMILES string of the molecule is CC(C)Oc1cc2c(OC3CCNCC3)nccc2cc1C(N)=O. The predicted molar refractivity (Wildman–Crippen MR) is 92.5 cm³/mol. The average molecular weight is 329 g/mol. The number of nitrogens with one attached hydrogen (secondary N) is 1. The van der Waals surface area contributed by atoms with Crippen LogP contribution in [0.5, 0.6) is 11.6 Å². The number of nitrogens with two attached hydrogens (primary N) is 1. The molecule has 1 aromatic heterocycles. The van der Waals surface area contributed by atoms with Crippen LogP contribution in [-0.2, 0) is 0 Å². The van der Waals surface area contributed by atoms with Crippen LogP contribution < -0.4 is 20.5 Å². The van der Waals surface area contributed by atoms with Crippen LogP contribution in [0.3, 0.4) is 0 Å². The fourth-order valence-electron chi connectivity index (χ4n) is 2.88. The van der Waals surface area contributed by atoms with E-state index in [4.69, 9.17) is 15.2 Å². The van der Waals surface area contributed by atoms with Crippen molar-refractivity contribution in [2.75, 3.05) is 13.1 Å². The summed E-state index contributed by atoms with van der Waals surface area (Å²) in [6, 6.07) is 5.39. The maximum absolute atomic E-state index is 11.7. The molecule has 24 heavy (non-hydrogen) atoms. The molecule has 2 heterocycles. The van der Waals surface area contributed by atoms with Gasteiger partial charge in [-0.2, -0.15) is 0 Å². The Labute approximate surface area is 141 Å². The van der Waals surface area contributed by atoms with Crippen molar-refractivity contribution in [1.82, 2.24) is 10.3 Å². The van der Waals surface area contributed by atoms with Gasteiger partial charge in [-0.25, -0.2) is 4.98 Å². The summed E-state index contributed by atoms with van der Waals surface area (Å²) in [5.41, 5.74) is 5.87. The summed E-state index contributed by atoms with van der Waals surface area (Å²) < 4.78 is 11.9. The number of aromatic nitrogens is 1. The minimum atomic E-state index is -0.509. The molecule has 0 saturated carbocycles. The van der Waals surface area contributed by atoms with Crippen molar-refractivity contribution in [3.63, 3.8) is 0 Å². The number of hydrogen-bond acceptors (Lipinski definition) is 5. The maximum atomic E-state index is 11.7. The number of benzene rings is 1. The summed E-state index contributed by atoms with van der Waals surface area (Å²) in [5.74, 6) is 0.530. The zero-order valence-electron chi connectivity index (χ0n) is 14.0. The molecule has 128 valence electrons. The molecule has 0 unspecified atom stereocenters. The van der Waals surface area contributed by atoms with Crippen LogP contribution >= 0.6 is 0 Å². The number of amides is 1. The number of carbonyl (C=O) groups is 1. The summed E-state index contributed by atoms with van der Waals surface area (Å²) in [6.07, 6.45) is 3.67. The molecule has 2 aromatic rings. The highest BCUT2D eigenvalue weighted by Crippen LogP contribution is 2.32. The number of carbonyl (C=O) groups excluding carboxylic acids is 1. The van der Waals surface area contributed by atoms with Gasteiger partial charge < -0.3 is 20.5 Å². The second-order valence-electron chi connectivity index (χ2n) is 6.28. The molecule has 0 aliphatic carbocycles. The molecule has 0 bridgehead atoms. The van der Waals surface area contributed by atoms with Gasteiger partial charge in [-0.05, 0) is 63.4 Å². The van der Waals surface area contributed by atoms with E-state index in [0.29, 0.717) is 17.2 Å². The number of ether oxygens (including phenoxy) is 2. The first kappa shape index (κ1) is 16.5. The largest absolute Gasteiger partial charge is 0.490 e. The number of nitrogens with zero attached hydrogens (tertiary/aromatic N) is 1. The van der Waals surface area contributed by atoms with E-state index in [1.807, 2.05) is 19.9 Å². The molecule has 0 atom stereocenters. The highest BCUT2D eigenvalue weighted by atomic mass is 16.5. The highest BCUT2D eigenvalue weighted by molar-refractivity contribution is 6.01. The van der Waals surface area contributed by atoms with E-state index in [1.54, 1.807) is 18.3 Å². The molecule has 1 fully saturated rings. The van der Waals surface area contributed by atoms with Gasteiger partial charge >= 0.3 is 0 Å². The third-order valence-electron chi connectivity index (χ3n) is 4.02. The molecule has 1 amide bonds. The van der Waals surface area contributed by atoms with Gasteiger partial charge in [-0.1, -0.05) is 0 Å². The lowest BCUT2D eigenvalue weighted by molar-refractivity contribution is 0.0994. The number of primary amides is 1. The van der Waals surface area contributed by atoms with Crippen LogP contribution in [0, 0.1) is 0 Å². The van der Waals surface area contributed by atoms with Gasteiger partial charge in [-0.3, -0.25) is 4.79 Å². The standard InChI is InChI=1S/C18H23N3O3/c1-11(2)23-16-10-14-12(9-15(16)17(19)22)3-8-21-18(14)24-13-4-6-20-7-5-13/h3,8-11,13,20H,4-7H2,1-2H3,(H2,19,22). The van der Waals surface area contributed by atoms with Crippen molar-refractivity contribution in [2.45, 2.75) is 38.9 Å². The Morgan fingerprint density at radius 2 is 2.08 bits per heavy atom. The fraction of sp³-hybridized carbons (Fsp3) is 0.444. The first-order valence-electron chi connectivity index (χ1n) is 8.31. The van der Waals surface area contributed by atoms with Crippen molar-refractivity contribution >= 4 is 16.7 Å². The summed E-state index contributed by atoms with van der Waals surface area (Å²) >= 11 is 0. The number of fused-ring (bicyclic) bond motifs is 1. The lowest BCUT2D eigenvalue weighted by atomic mass is 10.1.